The number of aliphatic imine (C=N–C) groups is 1. The average molecular weight is 229 g/mol. The van der Waals surface area contributed by atoms with Gasteiger partial charge in [-0.1, -0.05) is 0 Å². The van der Waals surface area contributed by atoms with Gasteiger partial charge in [0.25, 0.3) is 0 Å². The third kappa shape index (κ3) is 3.82. The van der Waals surface area contributed by atoms with Crippen LogP contribution >= 0.6 is 0 Å². The minimum Gasteiger partial charge on any atom is -0.383 e. The lowest BCUT2D eigenvalue weighted by molar-refractivity contribution is 0.208. The summed E-state index contributed by atoms with van der Waals surface area (Å²) in [5.41, 5.74) is 5.42. The van der Waals surface area contributed by atoms with Crippen molar-refractivity contribution in [1.29, 1.82) is 0 Å². The zero-order valence-electron chi connectivity index (χ0n) is 8.84. The molecular formula is C10H13F2N3O. The van der Waals surface area contributed by atoms with E-state index in [2.05, 4.69) is 10.3 Å². The summed E-state index contributed by atoms with van der Waals surface area (Å²) in [6.07, 6.45) is 0. The lowest BCUT2D eigenvalue weighted by atomic mass is 10.3. The van der Waals surface area contributed by atoms with Crippen molar-refractivity contribution in [3.63, 3.8) is 0 Å². The zero-order chi connectivity index (χ0) is 12.0. The van der Waals surface area contributed by atoms with Crippen LogP contribution in [0.3, 0.4) is 0 Å². The van der Waals surface area contributed by atoms with Gasteiger partial charge in [0.15, 0.2) is 5.96 Å². The molecule has 0 aliphatic carbocycles. The number of nitrogens with two attached hydrogens (primary N) is 1. The van der Waals surface area contributed by atoms with Crippen molar-refractivity contribution in [1.82, 2.24) is 0 Å². The molecule has 16 heavy (non-hydrogen) atoms. The van der Waals surface area contributed by atoms with Gasteiger partial charge in [-0.25, -0.2) is 8.78 Å². The van der Waals surface area contributed by atoms with Crippen LogP contribution in [0.1, 0.15) is 0 Å². The van der Waals surface area contributed by atoms with E-state index in [4.69, 9.17) is 10.5 Å². The molecule has 88 valence electrons. The summed E-state index contributed by atoms with van der Waals surface area (Å²) < 4.78 is 30.7. The Morgan fingerprint density at radius 3 is 2.94 bits per heavy atom. The van der Waals surface area contributed by atoms with Gasteiger partial charge in [0.2, 0.25) is 0 Å². The van der Waals surface area contributed by atoms with Gasteiger partial charge >= 0.3 is 0 Å². The fourth-order valence-corrected chi connectivity index (χ4v) is 1.03. The standard InChI is InChI=1S/C10H13F2N3O/c1-16-5-4-14-10(13)15-9-6-7(11)2-3-8(9)12/h2-3,6H,4-5H2,1H3,(H3,13,14,15). The van der Waals surface area contributed by atoms with E-state index in [-0.39, 0.29) is 11.6 Å². The normalized spacial score (nSPS) is 11.6. The lowest BCUT2D eigenvalue weighted by Gasteiger charge is -2.06. The van der Waals surface area contributed by atoms with Gasteiger partial charge in [0.1, 0.15) is 11.6 Å². The molecule has 0 heterocycles. The highest BCUT2D eigenvalue weighted by molar-refractivity contribution is 5.92. The predicted octanol–water partition coefficient (Wildman–Crippen LogP) is 1.34. The van der Waals surface area contributed by atoms with Gasteiger partial charge in [0.05, 0.1) is 18.8 Å². The van der Waals surface area contributed by atoms with E-state index in [1.807, 2.05) is 0 Å². The first kappa shape index (κ1) is 12.4. The van der Waals surface area contributed by atoms with E-state index >= 15 is 0 Å². The van der Waals surface area contributed by atoms with Crippen molar-refractivity contribution in [3.8, 4) is 0 Å². The largest absolute Gasteiger partial charge is 0.383 e. The molecule has 0 atom stereocenters. The Kier molecular flexibility index (Phi) is 4.65. The number of hydrogen-bond donors (Lipinski definition) is 2. The highest BCUT2D eigenvalue weighted by atomic mass is 19.1. The molecular weight excluding hydrogens is 216 g/mol. The van der Waals surface area contributed by atoms with Crippen LogP contribution in [0.15, 0.2) is 23.2 Å². The van der Waals surface area contributed by atoms with E-state index in [9.17, 15) is 8.78 Å². The number of hydrogen-bond acceptors (Lipinski definition) is 2. The number of guanidine groups is 1. The fraction of sp³-hybridized carbons (Fsp3) is 0.300. The summed E-state index contributed by atoms with van der Waals surface area (Å²) in [5.74, 6) is -1.12. The van der Waals surface area contributed by atoms with Crippen LogP contribution < -0.4 is 11.1 Å². The maximum Gasteiger partial charge on any atom is 0.193 e. The summed E-state index contributed by atoms with van der Waals surface area (Å²) >= 11 is 0. The topological polar surface area (TPSA) is 59.6 Å². The smallest absolute Gasteiger partial charge is 0.193 e. The monoisotopic (exact) mass is 229 g/mol. The van der Waals surface area contributed by atoms with Crippen LogP contribution in [-0.4, -0.2) is 26.2 Å². The Bertz CT molecular complexity index is 382. The molecule has 1 rings (SSSR count). The molecule has 0 aliphatic heterocycles. The second-order valence-corrected chi connectivity index (χ2v) is 3.01. The Morgan fingerprint density at radius 1 is 1.50 bits per heavy atom. The summed E-state index contributed by atoms with van der Waals surface area (Å²) in [4.78, 5) is 3.85. The minimum atomic E-state index is -0.591. The maximum atomic E-state index is 13.2. The van der Waals surface area contributed by atoms with Crippen molar-refractivity contribution in [2.45, 2.75) is 0 Å². The minimum absolute atomic E-state index is 0.0153. The Balaban J connectivity index is 2.65. The fourth-order valence-electron chi connectivity index (χ4n) is 1.03. The molecule has 0 unspecified atom stereocenters. The lowest BCUT2D eigenvalue weighted by Crippen LogP contribution is -2.24. The number of nitrogens with one attached hydrogen (secondary N) is 1. The van der Waals surface area contributed by atoms with Crippen LogP contribution in [-0.2, 0) is 4.74 Å². The average Bonchev–Trinajstić information content (AvgIpc) is 2.24. The molecule has 0 saturated heterocycles. The van der Waals surface area contributed by atoms with Crippen molar-refractivity contribution in [2.75, 3.05) is 25.6 Å². The number of ether oxygens (including phenoxy) is 1. The number of anilines is 1. The first-order valence-electron chi connectivity index (χ1n) is 4.64. The molecule has 0 amide bonds. The number of halogens is 2. The molecule has 0 fully saturated rings. The van der Waals surface area contributed by atoms with Crippen LogP contribution in [0.25, 0.3) is 0 Å². The van der Waals surface area contributed by atoms with Crippen molar-refractivity contribution < 1.29 is 13.5 Å². The van der Waals surface area contributed by atoms with Gasteiger partial charge in [-0.2, -0.15) is 0 Å². The zero-order valence-corrected chi connectivity index (χ0v) is 8.84. The molecule has 0 aromatic heterocycles. The molecule has 0 saturated carbocycles. The van der Waals surface area contributed by atoms with Crippen molar-refractivity contribution >= 4 is 11.6 Å². The molecule has 1 aromatic carbocycles. The molecule has 1 aromatic rings. The molecule has 3 N–H and O–H groups in total. The van der Waals surface area contributed by atoms with E-state index in [0.717, 1.165) is 18.2 Å². The SMILES string of the molecule is COCCN=C(N)Nc1cc(F)ccc1F. The third-order valence-corrected chi connectivity index (χ3v) is 1.77. The summed E-state index contributed by atoms with van der Waals surface area (Å²) in [7, 11) is 1.53. The first-order valence-corrected chi connectivity index (χ1v) is 4.64. The molecule has 0 aliphatic rings. The summed E-state index contributed by atoms with van der Waals surface area (Å²) in [6, 6.07) is 3.05. The summed E-state index contributed by atoms with van der Waals surface area (Å²) in [5, 5.41) is 2.47. The third-order valence-electron chi connectivity index (χ3n) is 1.77. The van der Waals surface area contributed by atoms with Gasteiger partial charge in [-0.15, -0.1) is 0 Å². The van der Waals surface area contributed by atoms with Crippen molar-refractivity contribution in [2.24, 2.45) is 10.7 Å². The second-order valence-electron chi connectivity index (χ2n) is 3.01. The van der Waals surface area contributed by atoms with Gasteiger partial charge < -0.3 is 15.8 Å². The number of rotatable bonds is 4. The van der Waals surface area contributed by atoms with Gasteiger partial charge in [-0.3, -0.25) is 4.99 Å². The molecule has 0 radical (unpaired) electrons. The summed E-state index contributed by atoms with van der Waals surface area (Å²) in [6.45, 7) is 0.764. The Morgan fingerprint density at radius 2 is 2.25 bits per heavy atom. The van der Waals surface area contributed by atoms with Crippen LogP contribution in [0.5, 0.6) is 0 Å². The quantitative estimate of drug-likeness (QED) is 0.465. The Hall–Kier alpha value is -1.69. The number of methoxy groups -OCH3 is 1. The van der Waals surface area contributed by atoms with Gasteiger partial charge in [0, 0.05) is 13.2 Å². The van der Waals surface area contributed by atoms with Crippen molar-refractivity contribution in [3.05, 3.63) is 29.8 Å². The molecule has 4 nitrogen and oxygen atoms in total. The molecule has 6 heteroatoms. The highest BCUT2D eigenvalue weighted by Gasteiger charge is 2.04. The van der Waals surface area contributed by atoms with E-state index in [0.29, 0.717) is 13.2 Å². The van der Waals surface area contributed by atoms with E-state index in [1.165, 1.54) is 7.11 Å². The predicted molar refractivity (Wildman–Crippen MR) is 58.3 cm³/mol. The molecule has 0 bridgehead atoms. The van der Waals surface area contributed by atoms with Gasteiger partial charge in [-0.05, 0) is 12.1 Å². The molecule has 0 spiro atoms. The van der Waals surface area contributed by atoms with E-state index in [1.54, 1.807) is 0 Å². The first-order chi connectivity index (χ1) is 7.63. The maximum absolute atomic E-state index is 13.2. The van der Waals surface area contributed by atoms with Crippen LogP contribution in [0, 0.1) is 11.6 Å². The number of nitrogens with zero attached hydrogens (tertiary/aromatic N) is 1. The second kappa shape index (κ2) is 6.02. The van der Waals surface area contributed by atoms with Crippen LogP contribution in [0.2, 0.25) is 0 Å². The highest BCUT2D eigenvalue weighted by Crippen LogP contribution is 2.14. The van der Waals surface area contributed by atoms with E-state index < -0.39 is 11.6 Å². The van der Waals surface area contributed by atoms with Crippen LogP contribution in [0.4, 0.5) is 14.5 Å². The number of benzene rings is 1. The Labute approximate surface area is 92.1 Å².